The Hall–Kier alpha value is -2.11. The third-order valence-electron chi connectivity index (χ3n) is 3.44. The number of carbonyl (C=O) groups excluding carboxylic acids is 2. The largest absolute Gasteiger partial charge is 0.471 e. The minimum atomic E-state index is -0.532. The first kappa shape index (κ1) is 16.3. The van der Waals surface area contributed by atoms with Gasteiger partial charge >= 0.3 is 0 Å². The van der Waals surface area contributed by atoms with Crippen LogP contribution in [0.1, 0.15) is 34.1 Å². The molecule has 1 aliphatic rings. The molecule has 0 spiro atoms. The van der Waals surface area contributed by atoms with Crippen molar-refractivity contribution < 1.29 is 14.3 Å². The van der Waals surface area contributed by atoms with Gasteiger partial charge in [0.05, 0.1) is 6.54 Å². The van der Waals surface area contributed by atoms with Crippen LogP contribution in [-0.4, -0.2) is 35.5 Å². The van der Waals surface area contributed by atoms with Gasteiger partial charge in [-0.25, -0.2) is 4.98 Å². The molecule has 1 aromatic rings. The lowest BCUT2D eigenvalue weighted by Crippen LogP contribution is -2.52. The van der Waals surface area contributed by atoms with E-state index in [9.17, 15) is 9.59 Å². The van der Waals surface area contributed by atoms with Crippen LogP contribution < -0.4 is 15.0 Å². The van der Waals surface area contributed by atoms with Gasteiger partial charge in [0.2, 0.25) is 17.7 Å². The second kappa shape index (κ2) is 6.77. The van der Waals surface area contributed by atoms with E-state index < -0.39 is 6.04 Å². The van der Waals surface area contributed by atoms with E-state index in [-0.39, 0.29) is 17.9 Å². The number of anilines is 1. The summed E-state index contributed by atoms with van der Waals surface area (Å²) in [5, 5.41) is 2.76. The molecule has 1 aliphatic heterocycles. The van der Waals surface area contributed by atoms with Gasteiger partial charge in [0, 0.05) is 13.1 Å². The van der Waals surface area contributed by atoms with Crippen molar-refractivity contribution in [2.75, 3.05) is 11.4 Å². The fourth-order valence-corrected chi connectivity index (χ4v) is 2.60. The summed E-state index contributed by atoms with van der Waals surface area (Å²) in [5.41, 5.74) is 0.657. The number of hydrogen-bond donors (Lipinski definition) is 1. The quantitative estimate of drug-likeness (QED) is 0.920. The molecule has 0 aliphatic carbocycles. The summed E-state index contributed by atoms with van der Waals surface area (Å²) in [6.45, 7) is 7.83. The summed E-state index contributed by atoms with van der Waals surface area (Å²) >= 11 is 0. The van der Waals surface area contributed by atoms with E-state index in [1.807, 2.05) is 26.8 Å². The van der Waals surface area contributed by atoms with Crippen LogP contribution in [-0.2, 0) is 9.59 Å². The van der Waals surface area contributed by atoms with Gasteiger partial charge in [-0.3, -0.25) is 9.59 Å². The van der Waals surface area contributed by atoms with Crippen molar-refractivity contribution in [2.24, 2.45) is 5.92 Å². The highest BCUT2D eigenvalue weighted by Gasteiger charge is 2.33. The Morgan fingerprint density at radius 3 is 2.86 bits per heavy atom. The molecule has 6 heteroatoms. The molecule has 1 N–H and O–H groups in total. The third-order valence-corrected chi connectivity index (χ3v) is 3.44. The van der Waals surface area contributed by atoms with Crippen LogP contribution in [0.25, 0.3) is 0 Å². The average molecular weight is 305 g/mol. The smallest absolute Gasteiger partial charge is 0.249 e. The van der Waals surface area contributed by atoms with Crippen LogP contribution in [0.3, 0.4) is 0 Å². The predicted octanol–water partition coefficient (Wildman–Crippen LogP) is 1.75. The zero-order valence-corrected chi connectivity index (χ0v) is 13.5. The zero-order chi connectivity index (χ0) is 16.3. The van der Waals surface area contributed by atoms with Gasteiger partial charge in [-0.05, 0) is 31.4 Å². The number of aromatic nitrogens is 1. The summed E-state index contributed by atoms with van der Waals surface area (Å²) in [6.07, 6.45) is 2.10. The third kappa shape index (κ3) is 3.75. The lowest BCUT2D eigenvalue weighted by atomic mass is 10.0. The molecular weight excluding hydrogens is 282 g/mol. The van der Waals surface area contributed by atoms with Gasteiger partial charge in [-0.15, -0.1) is 0 Å². The number of fused-ring (bicyclic) bond motifs is 1. The Morgan fingerprint density at radius 2 is 2.23 bits per heavy atom. The molecule has 2 amide bonds. The van der Waals surface area contributed by atoms with Crippen LogP contribution in [0, 0.1) is 5.92 Å². The maximum Gasteiger partial charge on any atom is 0.249 e. The normalized spacial score (nSPS) is 18.4. The second-order valence-electron chi connectivity index (χ2n) is 6.09. The van der Waals surface area contributed by atoms with Gasteiger partial charge in [0.25, 0.3) is 0 Å². The van der Waals surface area contributed by atoms with Crippen molar-refractivity contribution in [3.05, 3.63) is 18.3 Å². The van der Waals surface area contributed by atoms with E-state index in [0.29, 0.717) is 30.5 Å². The van der Waals surface area contributed by atoms with Crippen molar-refractivity contribution in [3.8, 4) is 5.88 Å². The molecule has 0 aromatic carbocycles. The summed E-state index contributed by atoms with van der Waals surface area (Å²) in [7, 11) is 0. The van der Waals surface area contributed by atoms with E-state index in [1.54, 1.807) is 17.2 Å². The van der Waals surface area contributed by atoms with Crippen molar-refractivity contribution >= 4 is 17.5 Å². The highest BCUT2D eigenvalue weighted by Crippen LogP contribution is 2.31. The van der Waals surface area contributed by atoms with Crippen molar-refractivity contribution in [3.63, 3.8) is 0 Å². The van der Waals surface area contributed by atoms with E-state index in [0.717, 1.165) is 0 Å². The lowest BCUT2D eigenvalue weighted by molar-refractivity contribution is -0.127. The van der Waals surface area contributed by atoms with E-state index in [2.05, 4.69) is 10.3 Å². The van der Waals surface area contributed by atoms with Crippen LogP contribution in [0.4, 0.5) is 5.69 Å². The Balaban J connectivity index is 2.28. The number of amides is 2. The molecule has 0 unspecified atom stereocenters. The molecule has 0 saturated carbocycles. The number of pyridine rings is 1. The predicted molar refractivity (Wildman–Crippen MR) is 83.7 cm³/mol. The summed E-state index contributed by atoms with van der Waals surface area (Å²) in [6, 6.07) is 3.05. The summed E-state index contributed by atoms with van der Waals surface area (Å²) in [5.74, 6) is 0.438. The minimum Gasteiger partial charge on any atom is -0.471 e. The van der Waals surface area contributed by atoms with Crippen LogP contribution in [0.15, 0.2) is 18.3 Å². The number of rotatable bonds is 4. The molecular formula is C16H23N3O3. The van der Waals surface area contributed by atoms with Crippen molar-refractivity contribution in [1.82, 2.24) is 10.3 Å². The average Bonchev–Trinajstić information content (AvgIpc) is 2.43. The maximum absolute atomic E-state index is 12.9. The minimum absolute atomic E-state index is 0.117. The molecule has 22 heavy (non-hydrogen) atoms. The molecule has 6 nitrogen and oxygen atoms in total. The van der Waals surface area contributed by atoms with Crippen molar-refractivity contribution in [1.29, 1.82) is 0 Å². The number of hydrogen-bond acceptors (Lipinski definition) is 4. The van der Waals surface area contributed by atoms with Gasteiger partial charge < -0.3 is 15.0 Å². The van der Waals surface area contributed by atoms with E-state index in [1.165, 1.54) is 6.92 Å². The molecule has 120 valence electrons. The fraction of sp³-hybridized carbons (Fsp3) is 0.562. The van der Waals surface area contributed by atoms with Crippen LogP contribution in [0.2, 0.25) is 0 Å². The molecule has 2 heterocycles. The Labute approximate surface area is 130 Å². The highest BCUT2D eigenvalue weighted by molar-refractivity contribution is 6.00. The maximum atomic E-state index is 12.9. The van der Waals surface area contributed by atoms with E-state index in [4.69, 9.17) is 4.74 Å². The number of ether oxygens (including phenoxy) is 1. The monoisotopic (exact) mass is 305 g/mol. The van der Waals surface area contributed by atoms with Crippen LogP contribution >= 0.6 is 0 Å². The first-order chi connectivity index (χ1) is 10.4. The van der Waals surface area contributed by atoms with Crippen LogP contribution in [0.5, 0.6) is 5.88 Å². The van der Waals surface area contributed by atoms with Gasteiger partial charge in [0.1, 0.15) is 17.8 Å². The van der Waals surface area contributed by atoms with E-state index >= 15 is 0 Å². The first-order valence-corrected chi connectivity index (χ1v) is 7.58. The second-order valence-corrected chi connectivity index (χ2v) is 6.09. The Morgan fingerprint density at radius 1 is 1.50 bits per heavy atom. The zero-order valence-electron chi connectivity index (χ0n) is 13.5. The van der Waals surface area contributed by atoms with Gasteiger partial charge in [0.15, 0.2) is 0 Å². The Kier molecular flexibility index (Phi) is 5.00. The summed E-state index contributed by atoms with van der Waals surface area (Å²) < 4.78 is 5.66. The number of nitrogens with one attached hydrogen (secondary N) is 1. The molecule has 0 saturated heterocycles. The molecule has 0 bridgehead atoms. The first-order valence-electron chi connectivity index (χ1n) is 7.58. The summed E-state index contributed by atoms with van der Waals surface area (Å²) in [4.78, 5) is 30.2. The van der Waals surface area contributed by atoms with Crippen molar-refractivity contribution in [2.45, 2.75) is 46.3 Å². The number of nitrogens with zero attached hydrogens (tertiary/aromatic N) is 2. The van der Waals surface area contributed by atoms with Gasteiger partial charge in [-0.2, -0.15) is 0 Å². The standard InChI is InChI=1S/C16H23N3O3/c1-10(2)8-13(18-12(4)20)16(21)19-9-11(3)22-15-14(19)6-5-7-17-15/h5-7,10-11,13H,8-9H2,1-4H3,(H,18,20)/t11-,13-/m0/s1. The topological polar surface area (TPSA) is 71.5 Å². The molecule has 2 atom stereocenters. The molecule has 0 radical (unpaired) electrons. The van der Waals surface area contributed by atoms with Gasteiger partial charge in [-0.1, -0.05) is 13.8 Å². The number of carbonyl (C=O) groups is 2. The SMILES string of the molecule is CC(=O)N[C@@H](CC(C)C)C(=O)N1C[C@H](C)Oc2ncccc21. The Bertz CT molecular complexity index is 559. The lowest BCUT2D eigenvalue weighted by Gasteiger charge is -2.35. The molecule has 1 aromatic heterocycles. The molecule has 2 rings (SSSR count). The fourth-order valence-electron chi connectivity index (χ4n) is 2.60. The highest BCUT2D eigenvalue weighted by atomic mass is 16.5. The molecule has 0 fully saturated rings.